The molecule has 1 unspecified atom stereocenters. The standard InChI is InChI=1S/C12H17N3O2/c1-8-2-3-15-12(13)11(8)10(16)6-9-7-14-4-5-17-9/h2-3,9,14H,4-7H2,1H3,(H2,13,15). The fourth-order valence-electron chi connectivity index (χ4n) is 2.00. The van der Waals surface area contributed by atoms with Crippen LogP contribution in [0.15, 0.2) is 12.3 Å². The summed E-state index contributed by atoms with van der Waals surface area (Å²) in [5, 5.41) is 3.20. The van der Waals surface area contributed by atoms with Crippen LogP contribution in [-0.2, 0) is 4.74 Å². The van der Waals surface area contributed by atoms with E-state index in [1.165, 1.54) is 0 Å². The lowest BCUT2D eigenvalue weighted by molar-refractivity contribution is 0.0240. The molecule has 92 valence electrons. The number of nitrogen functional groups attached to an aromatic ring is 1. The van der Waals surface area contributed by atoms with Gasteiger partial charge >= 0.3 is 0 Å². The summed E-state index contributed by atoms with van der Waals surface area (Å²) in [4.78, 5) is 16.1. The van der Waals surface area contributed by atoms with Gasteiger partial charge in [0.2, 0.25) is 0 Å². The summed E-state index contributed by atoms with van der Waals surface area (Å²) >= 11 is 0. The van der Waals surface area contributed by atoms with E-state index >= 15 is 0 Å². The number of aryl methyl sites for hydroxylation is 1. The first-order valence-electron chi connectivity index (χ1n) is 5.75. The fraction of sp³-hybridized carbons (Fsp3) is 0.500. The smallest absolute Gasteiger partial charge is 0.169 e. The number of pyridine rings is 1. The molecule has 17 heavy (non-hydrogen) atoms. The molecule has 1 aromatic rings. The van der Waals surface area contributed by atoms with Crippen LogP contribution >= 0.6 is 0 Å². The quantitative estimate of drug-likeness (QED) is 0.747. The molecular weight excluding hydrogens is 218 g/mol. The third-order valence-electron chi connectivity index (χ3n) is 2.88. The van der Waals surface area contributed by atoms with E-state index in [2.05, 4.69) is 10.3 Å². The van der Waals surface area contributed by atoms with Crippen molar-refractivity contribution in [1.29, 1.82) is 0 Å². The van der Waals surface area contributed by atoms with Gasteiger partial charge in [-0.05, 0) is 18.6 Å². The van der Waals surface area contributed by atoms with Crippen LogP contribution in [0.5, 0.6) is 0 Å². The van der Waals surface area contributed by atoms with Gasteiger partial charge in [-0.25, -0.2) is 4.98 Å². The Hall–Kier alpha value is -1.46. The molecule has 5 heteroatoms. The lowest BCUT2D eigenvalue weighted by atomic mass is 10.0. The molecule has 0 aliphatic carbocycles. The van der Waals surface area contributed by atoms with Gasteiger partial charge in [0, 0.05) is 25.7 Å². The molecule has 2 heterocycles. The van der Waals surface area contributed by atoms with Crippen molar-refractivity contribution in [1.82, 2.24) is 10.3 Å². The normalized spacial score (nSPS) is 20.2. The predicted molar refractivity (Wildman–Crippen MR) is 64.9 cm³/mol. The second kappa shape index (κ2) is 5.25. The highest BCUT2D eigenvalue weighted by molar-refractivity contribution is 6.01. The van der Waals surface area contributed by atoms with E-state index in [-0.39, 0.29) is 11.9 Å². The second-order valence-corrected chi connectivity index (χ2v) is 4.21. The van der Waals surface area contributed by atoms with Crippen molar-refractivity contribution in [2.24, 2.45) is 0 Å². The molecule has 0 radical (unpaired) electrons. The Labute approximate surface area is 100 Å². The zero-order valence-corrected chi connectivity index (χ0v) is 9.90. The molecule has 3 N–H and O–H groups in total. The molecule has 1 saturated heterocycles. The summed E-state index contributed by atoms with van der Waals surface area (Å²) < 4.78 is 5.51. The number of carbonyl (C=O) groups is 1. The van der Waals surface area contributed by atoms with Gasteiger partial charge in [-0.3, -0.25) is 4.79 Å². The Morgan fingerprint density at radius 1 is 1.71 bits per heavy atom. The largest absolute Gasteiger partial charge is 0.383 e. The summed E-state index contributed by atoms with van der Waals surface area (Å²) in [7, 11) is 0. The highest BCUT2D eigenvalue weighted by Gasteiger charge is 2.21. The van der Waals surface area contributed by atoms with Gasteiger partial charge in [-0.2, -0.15) is 0 Å². The SMILES string of the molecule is Cc1ccnc(N)c1C(=O)CC1CNCCO1. The molecule has 1 aliphatic heterocycles. The molecule has 0 saturated carbocycles. The number of hydrogen-bond acceptors (Lipinski definition) is 5. The van der Waals surface area contributed by atoms with Crippen molar-refractivity contribution in [3.63, 3.8) is 0 Å². The van der Waals surface area contributed by atoms with Crippen LogP contribution in [0.3, 0.4) is 0 Å². The Morgan fingerprint density at radius 2 is 2.53 bits per heavy atom. The summed E-state index contributed by atoms with van der Waals surface area (Å²) in [6.45, 7) is 4.08. The Bertz CT molecular complexity index is 394. The van der Waals surface area contributed by atoms with Crippen LogP contribution in [-0.4, -0.2) is 36.6 Å². The number of nitrogens with zero attached hydrogens (tertiary/aromatic N) is 1. The second-order valence-electron chi connectivity index (χ2n) is 4.21. The average Bonchev–Trinajstić information content (AvgIpc) is 2.30. The van der Waals surface area contributed by atoms with Crippen molar-refractivity contribution in [2.45, 2.75) is 19.4 Å². The molecule has 1 aromatic heterocycles. The van der Waals surface area contributed by atoms with Gasteiger partial charge in [0.15, 0.2) is 5.78 Å². The van der Waals surface area contributed by atoms with Gasteiger partial charge < -0.3 is 15.8 Å². The zero-order chi connectivity index (χ0) is 12.3. The monoisotopic (exact) mass is 235 g/mol. The summed E-state index contributed by atoms with van der Waals surface area (Å²) in [6, 6.07) is 1.80. The van der Waals surface area contributed by atoms with Crippen LogP contribution in [0.2, 0.25) is 0 Å². The average molecular weight is 235 g/mol. The maximum atomic E-state index is 12.1. The van der Waals surface area contributed by atoms with Gasteiger partial charge in [0.25, 0.3) is 0 Å². The van der Waals surface area contributed by atoms with E-state index in [1.807, 2.05) is 6.92 Å². The van der Waals surface area contributed by atoms with Gasteiger partial charge in [0.1, 0.15) is 5.82 Å². The Kier molecular flexibility index (Phi) is 3.71. The minimum absolute atomic E-state index is 0.00167. The van der Waals surface area contributed by atoms with Crippen molar-refractivity contribution < 1.29 is 9.53 Å². The van der Waals surface area contributed by atoms with Crippen molar-refractivity contribution >= 4 is 11.6 Å². The number of aromatic nitrogens is 1. The number of anilines is 1. The highest BCUT2D eigenvalue weighted by Crippen LogP contribution is 2.17. The maximum absolute atomic E-state index is 12.1. The van der Waals surface area contributed by atoms with Crippen molar-refractivity contribution in [3.8, 4) is 0 Å². The molecular formula is C12H17N3O2. The van der Waals surface area contributed by atoms with Crippen LogP contribution < -0.4 is 11.1 Å². The van der Waals surface area contributed by atoms with Crippen LogP contribution in [0.25, 0.3) is 0 Å². The van der Waals surface area contributed by atoms with Crippen LogP contribution in [0, 0.1) is 6.92 Å². The molecule has 1 aliphatic rings. The van der Waals surface area contributed by atoms with E-state index < -0.39 is 0 Å². The van der Waals surface area contributed by atoms with Gasteiger partial charge in [-0.15, -0.1) is 0 Å². The molecule has 5 nitrogen and oxygen atoms in total. The molecule has 1 atom stereocenters. The fourth-order valence-corrected chi connectivity index (χ4v) is 2.00. The molecule has 0 aromatic carbocycles. The number of Topliss-reactive ketones (excluding diaryl/α,β-unsaturated/α-hetero) is 1. The van der Waals surface area contributed by atoms with Gasteiger partial charge in [-0.1, -0.05) is 0 Å². The van der Waals surface area contributed by atoms with E-state index in [1.54, 1.807) is 12.3 Å². The minimum Gasteiger partial charge on any atom is -0.383 e. The lowest BCUT2D eigenvalue weighted by Crippen LogP contribution is -2.39. The zero-order valence-electron chi connectivity index (χ0n) is 9.90. The van der Waals surface area contributed by atoms with E-state index in [0.717, 1.165) is 12.1 Å². The van der Waals surface area contributed by atoms with E-state index in [9.17, 15) is 4.79 Å². The lowest BCUT2D eigenvalue weighted by Gasteiger charge is -2.23. The van der Waals surface area contributed by atoms with Crippen molar-refractivity contribution in [2.75, 3.05) is 25.4 Å². The number of ketones is 1. The number of hydrogen-bond donors (Lipinski definition) is 2. The molecule has 0 amide bonds. The Morgan fingerprint density at radius 3 is 3.18 bits per heavy atom. The summed E-state index contributed by atoms with van der Waals surface area (Å²) in [5.74, 6) is 0.306. The third kappa shape index (κ3) is 2.81. The molecule has 2 rings (SSSR count). The number of rotatable bonds is 3. The number of nitrogens with two attached hydrogens (primary N) is 1. The maximum Gasteiger partial charge on any atom is 0.169 e. The minimum atomic E-state index is -0.0599. The Balaban J connectivity index is 2.08. The molecule has 0 spiro atoms. The first-order valence-corrected chi connectivity index (χ1v) is 5.75. The first kappa shape index (κ1) is 12.0. The van der Waals surface area contributed by atoms with E-state index in [4.69, 9.17) is 10.5 Å². The number of morpholine rings is 1. The van der Waals surface area contributed by atoms with Crippen LogP contribution in [0.4, 0.5) is 5.82 Å². The predicted octanol–water partition coefficient (Wildman–Crippen LogP) is 0.533. The number of ether oxygens (including phenoxy) is 1. The summed E-state index contributed by atoms with van der Waals surface area (Å²) in [5.41, 5.74) is 7.14. The van der Waals surface area contributed by atoms with Crippen LogP contribution in [0.1, 0.15) is 22.3 Å². The third-order valence-corrected chi connectivity index (χ3v) is 2.88. The topological polar surface area (TPSA) is 77.2 Å². The van der Waals surface area contributed by atoms with Gasteiger partial charge in [0.05, 0.1) is 18.3 Å². The number of carbonyl (C=O) groups excluding carboxylic acids is 1. The number of nitrogens with one attached hydrogen (secondary N) is 1. The highest BCUT2D eigenvalue weighted by atomic mass is 16.5. The summed E-state index contributed by atoms with van der Waals surface area (Å²) in [6.07, 6.45) is 1.90. The first-order chi connectivity index (χ1) is 8.18. The molecule has 1 fully saturated rings. The van der Waals surface area contributed by atoms with Crippen molar-refractivity contribution in [3.05, 3.63) is 23.4 Å². The molecule has 0 bridgehead atoms. The van der Waals surface area contributed by atoms with E-state index in [0.29, 0.717) is 31.0 Å².